The van der Waals surface area contributed by atoms with Gasteiger partial charge in [-0.25, -0.2) is 0 Å². The van der Waals surface area contributed by atoms with Crippen LogP contribution in [0.5, 0.6) is 0 Å². The van der Waals surface area contributed by atoms with Gasteiger partial charge in [-0.15, -0.1) is 0 Å². The topological polar surface area (TPSA) is 20.2 Å². The van der Waals surface area contributed by atoms with Crippen molar-refractivity contribution in [2.45, 2.75) is 38.7 Å². The van der Waals surface area contributed by atoms with Gasteiger partial charge in [0.15, 0.2) is 0 Å². The van der Waals surface area contributed by atoms with Crippen molar-refractivity contribution in [1.29, 1.82) is 0 Å². The zero-order chi connectivity index (χ0) is 13.2. The molecule has 1 fully saturated rings. The summed E-state index contributed by atoms with van der Waals surface area (Å²) < 4.78 is 0. The second-order valence-electron chi connectivity index (χ2n) is 6.09. The predicted molar refractivity (Wildman–Crippen MR) is 80.2 cm³/mol. The summed E-state index contributed by atoms with van der Waals surface area (Å²) in [6.45, 7) is 2.31. The van der Waals surface area contributed by atoms with Crippen LogP contribution >= 0.6 is 0 Å². The van der Waals surface area contributed by atoms with Crippen molar-refractivity contribution in [3.63, 3.8) is 0 Å². The van der Waals surface area contributed by atoms with Crippen molar-refractivity contribution < 1.29 is 5.11 Å². The monoisotopic (exact) mass is 254 g/mol. The lowest BCUT2D eigenvalue weighted by Crippen LogP contribution is -2.29. The molecule has 0 heterocycles. The normalized spacial score (nSPS) is 27.6. The molecule has 3 rings (SSSR count). The van der Waals surface area contributed by atoms with Crippen LogP contribution in [-0.4, -0.2) is 11.2 Å². The number of benzene rings is 2. The molecule has 1 saturated carbocycles. The van der Waals surface area contributed by atoms with E-state index in [-0.39, 0.29) is 6.10 Å². The first-order valence-electron chi connectivity index (χ1n) is 7.39. The second kappa shape index (κ2) is 5.34. The number of aliphatic hydroxyl groups is 1. The SMILES string of the molecule is CC1CCC(O)C(Cc2cccc3ccccc23)C1. The van der Waals surface area contributed by atoms with Crippen LogP contribution in [0.1, 0.15) is 31.7 Å². The highest BCUT2D eigenvalue weighted by atomic mass is 16.3. The predicted octanol–water partition coefficient (Wildman–Crippen LogP) is 4.18. The third-order valence-electron chi connectivity index (χ3n) is 4.57. The molecule has 3 unspecified atom stereocenters. The van der Waals surface area contributed by atoms with Gasteiger partial charge in [0, 0.05) is 0 Å². The van der Waals surface area contributed by atoms with E-state index >= 15 is 0 Å². The third-order valence-corrected chi connectivity index (χ3v) is 4.57. The molecule has 2 aromatic carbocycles. The maximum atomic E-state index is 10.2. The molecule has 0 spiro atoms. The van der Waals surface area contributed by atoms with Crippen molar-refractivity contribution in [2.24, 2.45) is 11.8 Å². The highest BCUT2D eigenvalue weighted by molar-refractivity contribution is 5.85. The summed E-state index contributed by atoms with van der Waals surface area (Å²) in [5.41, 5.74) is 1.39. The Kier molecular flexibility index (Phi) is 3.56. The van der Waals surface area contributed by atoms with Gasteiger partial charge >= 0.3 is 0 Å². The van der Waals surface area contributed by atoms with E-state index in [2.05, 4.69) is 49.4 Å². The number of aliphatic hydroxyl groups excluding tert-OH is 1. The Labute approximate surface area is 115 Å². The van der Waals surface area contributed by atoms with E-state index in [9.17, 15) is 5.11 Å². The Morgan fingerprint density at radius 2 is 1.84 bits per heavy atom. The summed E-state index contributed by atoms with van der Waals surface area (Å²) >= 11 is 0. The van der Waals surface area contributed by atoms with Crippen molar-refractivity contribution in [3.8, 4) is 0 Å². The lowest BCUT2D eigenvalue weighted by Gasteiger charge is -2.32. The van der Waals surface area contributed by atoms with Crippen LogP contribution in [0.3, 0.4) is 0 Å². The van der Waals surface area contributed by atoms with Crippen molar-refractivity contribution in [2.75, 3.05) is 0 Å². The van der Waals surface area contributed by atoms with E-state index < -0.39 is 0 Å². The van der Waals surface area contributed by atoms with Gasteiger partial charge in [0.25, 0.3) is 0 Å². The fourth-order valence-electron chi connectivity index (χ4n) is 3.46. The molecule has 1 aliphatic rings. The van der Waals surface area contributed by atoms with Gasteiger partial charge in [0.2, 0.25) is 0 Å². The van der Waals surface area contributed by atoms with Gasteiger partial charge in [0.1, 0.15) is 0 Å². The zero-order valence-electron chi connectivity index (χ0n) is 11.5. The average molecular weight is 254 g/mol. The summed E-state index contributed by atoms with van der Waals surface area (Å²) in [5, 5.41) is 12.9. The van der Waals surface area contributed by atoms with Crippen LogP contribution in [0.15, 0.2) is 42.5 Å². The van der Waals surface area contributed by atoms with Crippen LogP contribution in [0.4, 0.5) is 0 Å². The standard InChI is InChI=1S/C18H22O/c1-13-9-10-18(19)16(11-13)12-15-7-4-6-14-5-2-3-8-17(14)15/h2-8,13,16,18-19H,9-12H2,1H3. The number of hydrogen-bond donors (Lipinski definition) is 1. The van der Waals surface area contributed by atoms with Gasteiger partial charge < -0.3 is 5.11 Å². The maximum absolute atomic E-state index is 10.2. The average Bonchev–Trinajstić information content (AvgIpc) is 2.43. The first kappa shape index (κ1) is 12.7. The maximum Gasteiger partial charge on any atom is 0.0571 e. The number of fused-ring (bicyclic) bond motifs is 1. The fourth-order valence-corrected chi connectivity index (χ4v) is 3.46. The highest BCUT2D eigenvalue weighted by Gasteiger charge is 2.27. The van der Waals surface area contributed by atoms with Gasteiger partial charge in [-0.2, -0.15) is 0 Å². The molecule has 0 amide bonds. The second-order valence-corrected chi connectivity index (χ2v) is 6.09. The Morgan fingerprint density at radius 1 is 1.05 bits per heavy atom. The first-order valence-corrected chi connectivity index (χ1v) is 7.39. The number of rotatable bonds is 2. The van der Waals surface area contributed by atoms with E-state index in [4.69, 9.17) is 0 Å². The molecular formula is C18H22O. The van der Waals surface area contributed by atoms with Crippen molar-refractivity contribution >= 4 is 10.8 Å². The first-order chi connectivity index (χ1) is 9.24. The summed E-state index contributed by atoms with van der Waals surface area (Å²) in [4.78, 5) is 0. The molecular weight excluding hydrogens is 232 g/mol. The lowest BCUT2D eigenvalue weighted by molar-refractivity contribution is 0.0521. The molecule has 0 radical (unpaired) electrons. The molecule has 100 valence electrons. The molecule has 1 N–H and O–H groups in total. The minimum atomic E-state index is -0.116. The smallest absolute Gasteiger partial charge is 0.0571 e. The van der Waals surface area contributed by atoms with Crippen LogP contribution in [0.2, 0.25) is 0 Å². The van der Waals surface area contributed by atoms with Crippen molar-refractivity contribution in [3.05, 3.63) is 48.0 Å². The Hall–Kier alpha value is -1.34. The van der Waals surface area contributed by atoms with Crippen LogP contribution in [-0.2, 0) is 6.42 Å². The molecule has 19 heavy (non-hydrogen) atoms. The molecule has 0 saturated heterocycles. The van der Waals surface area contributed by atoms with Crippen molar-refractivity contribution in [1.82, 2.24) is 0 Å². The number of hydrogen-bond acceptors (Lipinski definition) is 1. The molecule has 0 aliphatic heterocycles. The van der Waals surface area contributed by atoms with Gasteiger partial charge in [-0.05, 0) is 53.9 Å². The molecule has 1 heteroatoms. The Balaban J connectivity index is 1.88. The van der Waals surface area contributed by atoms with Crippen LogP contribution in [0.25, 0.3) is 10.8 Å². The van der Waals surface area contributed by atoms with Gasteiger partial charge in [-0.1, -0.05) is 49.4 Å². The van der Waals surface area contributed by atoms with E-state index in [1.165, 1.54) is 22.8 Å². The molecule has 0 bridgehead atoms. The van der Waals surface area contributed by atoms with Gasteiger partial charge in [-0.3, -0.25) is 0 Å². The summed E-state index contributed by atoms with van der Waals surface area (Å²) in [7, 11) is 0. The van der Waals surface area contributed by atoms with Crippen LogP contribution < -0.4 is 0 Å². The molecule has 1 aliphatic carbocycles. The summed E-state index contributed by atoms with van der Waals surface area (Å²) in [6.07, 6.45) is 4.19. The summed E-state index contributed by atoms with van der Waals surface area (Å²) in [5.74, 6) is 1.18. The molecule has 1 nitrogen and oxygen atoms in total. The third kappa shape index (κ3) is 2.66. The zero-order valence-corrected chi connectivity index (χ0v) is 11.5. The van der Waals surface area contributed by atoms with Gasteiger partial charge in [0.05, 0.1) is 6.10 Å². The molecule has 2 aromatic rings. The lowest BCUT2D eigenvalue weighted by atomic mass is 9.77. The van der Waals surface area contributed by atoms with E-state index in [0.717, 1.165) is 25.2 Å². The largest absolute Gasteiger partial charge is 0.393 e. The minimum Gasteiger partial charge on any atom is -0.393 e. The summed E-state index contributed by atoms with van der Waals surface area (Å²) in [6, 6.07) is 15.1. The quantitative estimate of drug-likeness (QED) is 0.852. The molecule has 0 aromatic heterocycles. The molecule has 3 atom stereocenters. The fraction of sp³-hybridized carbons (Fsp3) is 0.444. The van der Waals surface area contributed by atoms with E-state index in [1.807, 2.05) is 0 Å². The Bertz CT molecular complexity index is 555. The van der Waals surface area contributed by atoms with Crippen LogP contribution in [0, 0.1) is 11.8 Å². The minimum absolute atomic E-state index is 0.116. The van der Waals surface area contributed by atoms with E-state index in [1.54, 1.807) is 0 Å². The highest BCUT2D eigenvalue weighted by Crippen LogP contribution is 2.32. The van der Waals surface area contributed by atoms with E-state index in [0.29, 0.717) is 5.92 Å². The Morgan fingerprint density at radius 3 is 2.74 bits per heavy atom.